The van der Waals surface area contributed by atoms with Crippen LogP contribution in [0.3, 0.4) is 0 Å². The monoisotopic (exact) mass is 204 g/mol. The summed E-state index contributed by atoms with van der Waals surface area (Å²) in [5.74, 6) is -0.741. The van der Waals surface area contributed by atoms with Crippen LogP contribution in [-0.4, -0.2) is 43.2 Å². The van der Waals surface area contributed by atoms with Crippen molar-refractivity contribution in [2.75, 3.05) is 6.61 Å². The maximum atomic E-state index is 13.8. The Bertz CT molecular complexity index is 251. The molecule has 14 heavy (non-hydrogen) atoms. The number of hydrogen-bond acceptors (Lipinski definition) is 4. The number of fused-ring (bicyclic) bond motifs is 1. The molecule has 0 unspecified atom stereocenters. The first kappa shape index (κ1) is 9.03. The van der Waals surface area contributed by atoms with Gasteiger partial charge in [-0.25, -0.2) is 4.39 Å². The molecular formula is C9H13FO4. The van der Waals surface area contributed by atoms with Crippen molar-refractivity contribution in [3.63, 3.8) is 0 Å². The Morgan fingerprint density at radius 1 is 1.21 bits per heavy atom. The van der Waals surface area contributed by atoms with E-state index in [1.807, 2.05) is 0 Å². The Morgan fingerprint density at radius 2 is 1.93 bits per heavy atom. The van der Waals surface area contributed by atoms with Gasteiger partial charge in [-0.15, -0.1) is 0 Å². The van der Waals surface area contributed by atoms with E-state index in [1.54, 1.807) is 13.8 Å². The molecule has 80 valence electrons. The summed E-state index contributed by atoms with van der Waals surface area (Å²) < 4.78 is 35.0. The van der Waals surface area contributed by atoms with Crippen LogP contribution in [0.5, 0.6) is 0 Å². The predicted molar refractivity (Wildman–Crippen MR) is 43.3 cm³/mol. The summed E-state index contributed by atoms with van der Waals surface area (Å²) in [6.45, 7) is 4.09. The Morgan fingerprint density at radius 3 is 2.50 bits per heavy atom. The highest BCUT2D eigenvalue weighted by atomic mass is 19.1. The van der Waals surface area contributed by atoms with E-state index < -0.39 is 30.5 Å². The van der Waals surface area contributed by atoms with Gasteiger partial charge in [0, 0.05) is 0 Å². The van der Waals surface area contributed by atoms with Crippen LogP contribution in [0.2, 0.25) is 0 Å². The van der Waals surface area contributed by atoms with Crippen LogP contribution in [0, 0.1) is 0 Å². The SMILES string of the molecule is CC1(C)O[C@@H]2O[C@H]([C@@H]3CO3)[C@H](F)[C@H]2O1. The average Bonchev–Trinajstić information content (AvgIpc) is 2.81. The molecular weight excluding hydrogens is 191 g/mol. The van der Waals surface area contributed by atoms with Crippen molar-refractivity contribution >= 4 is 0 Å². The Kier molecular flexibility index (Phi) is 1.72. The Labute approximate surface area is 81.3 Å². The van der Waals surface area contributed by atoms with Gasteiger partial charge in [-0.3, -0.25) is 0 Å². The van der Waals surface area contributed by atoms with Crippen molar-refractivity contribution in [1.82, 2.24) is 0 Å². The molecule has 0 aromatic carbocycles. The fourth-order valence-electron chi connectivity index (χ4n) is 2.03. The summed E-state index contributed by atoms with van der Waals surface area (Å²) in [5.41, 5.74) is 0. The van der Waals surface area contributed by atoms with Crippen LogP contribution in [0.1, 0.15) is 13.8 Å². The second-order valence-electron chi connectivity index (χ2n) is 4.39. The van der Waals surface area contributed by atoms with Gasteiger partial charge in [0.05, 0.1) is 6.61 Å². The Balaban J connectivity index is 1.74. The first-order chi connectivity index (χ1) is 6.57. The average molecular weight is 204 g/mol. The maximum Gasteiger partial charge on any atom is 0.190 e. The number of rotatable bonds is 1. The third-order valence-corrected chi connectivity index (χ3v) is 2.73. The minimum Gasteiger partial charge on any atom is -0.370 e. The molecule has 4 nitrogen and oxygen atoms in total. The standard InChI is InChI=1S/C9H13FO4/c1-9(2)13-7-5(10)6(4-3-11-4)12-8(7)14-9/h4-8H,3H2,1-2H3/t4-,5-,6+,7+,8-/m0/s1. The number of hydrogen-bond donors (Lipinski definition) is 0. The molecule has 3 fully saturated rings. The molecule has 0 aliphatic carbocycles. The minimum atomic E-state index is -1.14. The zero-order chi connectivity index (χ0) is 9.92. The van der Waals surface area contributed by atoms with E-state index >= 15 is 0 Å². The molecule has 0 bridgehead atoms. The maximum absolute atomic E-state index is 13.8. The lowest BCUT2D eigenvalue weighted by molar-refractivity contribution is -0.212. The largest absolute Gasteiger partial charge is 0.370 e. The van der Waals surface area contributed by atoms with Crippen LogP contribution in [0.4, 0.5) is 4.39 Å². The van der Waals surface area contributed by atoms with Gasteiger partial charge in [-0.1, -0.05) is 0 Å². The van der Waals surface area contributed by atoms with Crippen molar-refractivity contribution < 1.29 is 23.3 Å². The van der Waals surface area contributed by atoms with Crippen molar-refractivity contribution in [2.24, 2.45) is 0 Å². The molecule has 3 heterocycles. The van der Waals surface area contributed by atoms with Crippen molar-refractivity contribution in [3.8, 4) is 0 Å². The van der Waals surface area contributed by atoms with Gasteiger partial charge in [-0.2, -0.15) is 0 Å². The van der Waals surface area contributed by atoms with Crippen molar-refractivity contribution in [3.05, 3.63) is 0 Å². The number of epoxide rings is 1. The quantitative estimate of drug-likeness (QED) is 0.586. The van der Waals surface area contributed by atoms with E-state index in [4.69, 9.17) is 18.9 Å². The summed E-state index contributed by atoms with van der Waals surface area (Å²) in [4.78, 5) is 0. The molecule has 0 aromatic rings. The van der Waals surface area contributed by atoms with E-state index in [1.165, 1.54) is 0 Å². The van der Waals surface area contributed by atoms with Gasteiger partial charge >= 0.3 is 0 Å². The van der Waals surface area contributed by atoms with Crippen LogP contribution < -0.4 is 0 Å². The van der Waals surface area contributed by atoms with Gasteiger partial charge in [0.2, 0.25) is 0 Å². The second-order valence-corrected chi connectivity index (χ2v) is 4.39. The van der Waals surface area contributed by atoms with E-state index in [-0.39, 0.29) is 6.10 Å². The van der Waals surface area contributed by atoms with E-state index in [9.17, 15) is 4.39 Å². The summed E-state index contributed by atoms with van der Waals surface area (Å²) in [6, 6.07) is 0. The number of halogens is 1. The lowest BCUT2D eigenvalue weighted by atomic mass is 10.1. The first-order valence-corrected chi connectivity index (χ1v) is 4.84. The zero-order valence-electron chi connectivity index (χ0n) is 8.10. The molecule has 3 rings (SSSR count). The summed E-state index contributed by atoms with van der Waals surface area (Å²) in [6.07, 6.45) is -2.94. The molecule has 3 aliphatic rings. The first-order valence-electron chi connectivity index (χ1n) is 4.84. The summed E-state index contributed by atoms with van der Waals surface area (Å²) >= 11 is 0. The molecule has 0 N–H and O–H groups in total. The molecule has 5 heteroatoms. The fraction of sp³-hybridized carbons (Fsp3) is 1.00. The molecule has 0 amide bonds. The molecule has 0 spiro atoms. The topological polar surface area (TPSA) is 40.2 Å². The fourth-order valence-corrected chi connectivity index (χ4v) is 2.03. The molecule has 0 radical (unpaired) electrons. The lowest BCUT2D eigenvalue weighted by Crippen LogP contribution is -2.34. The number of alkyl halides is 1. The molecule has 3 aliphatic heterocycles. The molecule has 3 saturated heterocycles. The highest BCUT2D eigenvalue weighted by molar-refractivity contribution is 4.99. The predicted octanol–water partition coefficient (Wildman–Crippen LogP) is 0.600. The normalized spacial score (nSPS) is 54.6. The highest BCUT2D eigenvalue weighted by Crippen LogP contribution is 2.41. The van der Waals surface area contributed by atoms with Crippen LogP contribution in [0.25, 0.3) is 0 Å². The van der Waals surface area contributed by atoms with E-state index in [0.29, 0.717) is 6.61 Å². The highest BCUT2D eigenvalue weighted by Gasteiger charge is 2.59. The minimum absolute atomic E-state index is 0.106. The van der Waals surface area contributed by atoms with Crippen LogP contribution in [-0.2, 0) is 18.9 Å². The van der Waals surface area contributed by atoms with E-state index in [2.05, 4.69) is 0 Å². The lowest BCUT2D eigenvalue weighted by Gasteiger charge is -2.21. The molecule has 5 atom stereocenters. The van der Waals surface area contributed by atoms with E-state index in [0.717, 1.165) is 0 Å². The van der Waals surface area contributed by atoms with Gasteiger partial charge in [0.1, 0.15) is 18.3 Å². The van der Waals surface area contributed by atoms with Crippen molar-refractivity contribution in [1.29, 1.82) is 0 Å². The van der Waals surface area contributed by atoms with Gasteiger partial charge in [0.25, 0.3) is 0 Å². The smallest absolute Gasteiger partial charge is 0.190 e. The van der Waals surface area contributed by atoms with Gasteiger partial charge in [0.15, 0.2) is 18.2 Å². The molecule has 0 saturated carbocycles. The third-order valence-electron chi connectivity index (χ3n) is 2.73. The molecule has 0 aromatic heterocycles. The number of ether oxygens (including phenoxy) is 4. The van der Waals surface area contributed by atoms with Crippen molar-refractivity contribution in [2.45, 2.75) is 50.4 Å². The summed E-state index contributed by atoms with van der Waals surface area (Å²) in [7, 11) is 0. The van der Waals surface area contributed by atoms with Gasteiger partial charge in [-0.05, 0) is 13.8 Å². The van der Waals surface area contributed by atoms with Gasteiger partial charge < -0.3 is 18.9 Å². The summed E-state index contributed by atoms with van der Waals surface area (Å²) in [5, 5.41) is 0. The third kappa shape index (κ3) is 1.27. The van der Waals surface area contributed by atoms with Crippen LogP contribution in [0.15, 0.2) is 0 Å². The Hall–Kier alpha value is -0.230. The second kappa shape index (κ2) is 2.66. The zero-order valence-corrected chi connectivity index (χ0v) is 8.10. The van der Waals surface area contributed by atoms with Crippen LogP contribution >= 0.6 is 0 Å².